The lowest BCUT2D eigenvalue weighted by atomic mass is 10.1. The molecule has 0 saturated carbocycles. The van der Waals surface area contributed by atoms with Crippen molar-refractivity contribution in [3.63, 3.8) is 0 Å². The summed E-state index contributed by atoms with van der Waals surface area (Å²) in [6.45, 7) is 0.767. The fourth-order valence-electron chi connectivity index (χ4n) is 2.25. The Labute approximate surface area is 164 Å². The zero-order valence-corrected chi connectivity index (χ0v) is 16.9. The second kappa shape index (κ2) is 12.4. The summed E-state index contributed by atoms with van der Waals surface area (Å²) in [6.07, 6.45) is 4.18. The second-order valence-corrected chi connectivity index (χ2v) is 8.73. The first-order valence-electron chi connectivity index (χ1n) is 8.56. The van der Waals surface area contributed by atoms with Crippen LogP contribution in [-0.2, 0) is 14.8 Å². The molecule has 0 aliphatic heterocycles. The number of hydrogen-bond donors (Lipinski definition) is 2. The molecule has 2 N–H and O–H groups in total. The van der Waals surface area contributed by atoms with Gasteiger partial charge in [-0.15, -0.1) is 0 Å². The first kappa shape index (κ1) is 23.0. The molecule has 6 nitrogen and oxygen atoms in total. The van der Waals surface area contributed by atoms with Crippen molar-refractivity contribution >= 4 is 39.2 Å². The largest absolute Gasteiger partial charge is 0.493 e. The molecule has 0 spiro atoms. The molecule has 0 saturated heterocycles. The van der Waals surface area contributed by atoms with Crippen molar-refractivity contribution in [3.05, 3.63) is 28.2 Å². The number of unbranched alkanes of at least 4 members (excludes halogenated alkanes) is 4. The molecule has 0 fully saturated rings. The molecule has 26 heavy (non-hydrogen) atoms. The number of carboxylic acids is 1. The lowest BCUT2D eigenvalue weighted by molar-refractivity contribution is -0.137. The summed E-state index contributed by atoms with van der Waals surface area (Å²) in [5, 5.41) is 9.50. The Morgan fingerprint density at radius 3 is 2.31 bits per heavy atom. The molecule has 0 heterocycles. The minimum atomic E-state index is -3.29. The first-order chi connectivity index (χ1) is 12.3. The average Bonchev–Trinajstić information content (AvgIpc) is 2.52. The second-order valence-electron chi connectivity index (χ2n) is 5.93. The Morgan fingerprint density at radius 2 is 1.65 bits per heavy atom. The van der Waals surface area contributed by atoms with Crippen LogP contribution in [0.1, 0.15) is 44.9 Å². The van der Waals surface area contributed by atoms with E-state index in [1.54, 1.807) is 18.2 Å². The van der Waals surface area contributed by atoms with Crippen LogP contribution in [0.4, 0.5) is 0 Å². The van der Waals surface area contributed by atoms with Crippen molar-refractivity contribution in [2.75, 3.05) is 18.9 Å². The summed E-state index contributed by atoms with van der Waals surface area (Å²) >= 11 is 11.7. The van der Waals surface area contributed by atoms with E-state index in [0.717, 1.165) is 12.8 Å². The van der Waals surface area contributed by atoms with Crippen molar-refractivity contribution in [2.45, 2.75) is 44.9 Å². The highest BCUT2D eigenvalue weighted by Gasteiger charge is 2.09. The van der Waals surface area contributed by atoms with E-state index in [1.165, 1.54) is 0 Å². The van der Waals surface area contributed by atoms with Crippen LogP contribution in [0.3, 0.4) is 0 Å². The molecule has 0 atom stereocenters. The molecule has 9 heteroatoms. The minimum Gasteiger partial charge on any atom is -0.493 e. The molecule has 1 aromatic rings. The average molecular weight is 426 g/mol. The van der Waals surface area contributed by atoms with Gasteiger partial charge in [0.15, 0.2) is 0 Å². The molecule has 0 aromatic heterocycles. The molecule has 0 aliphatic rings. The molecule has 0 aliphatic carbocycles. The van der Waals surface area contributed by atoms with Gasteiger partial charge in [-0.2, -0.15) is 0 Å². The van der Waals surface area contributed by atoms with E-state index in [4.69, 9.17) is 33.0 Å². The maximum Gasteiger partial charge on any atom is 0.303 e. The third-order valence-corrected chi connectivity index (χ3v) is 5.46. The first-order valence-corrected chi connectivity index (χ1v) is 11.0. The highest BCUT2D eigenvalue weighted by molar-refractivity contribution is 7.89. The molecule has 1 aromatic carbocycles. The normalized spacial score (nSPS) is 11.5. The molecule has 0 radical (unpaired) electrons. The zero-order valence-electron chi connectivity index (χ0n) is 14.5. The van der Waals surface area contributed by atoms with Gasteiger partial charge in [-0.05, 0) is 43.9 Å². The van der Waals surface area contributed by atoms with Gasteiger partial charge < -0.3 is 9.84 Å². The van der Waals surface area contributed by atoms with Crippen molar-refractivity contribution < 1.29 is 23.1 Å². The number of halogens is 2. The quantitative estimate of drug-likeness (QED) is 0.437. The zero-order chi connectivity index (χ0) is 19.4. The summed E-state index contributed by atoms with van der Waals surface area (Å²) in [7, 11) is -3.29. The van der Waals surface area contributed by atoms with Crippen molar-refractivity contribution in [1.29, 1.82) is 0 Å². The minimum absolute atomic E-state index is 0.0473. The Kier molecular flexibility index (Phi) is 11.0. The molecule has 0 bridgehead atoms. The maximum absolute atomic E-state index is 11.9. The van der Waals surface area contributed by atoms with Gasteiger partial charge in [0.2, 0.25) is 10.0 Å². The SMILES string of the molecule is O=C(O)CCCCCCNS(=O)(=O)CCCCOc1cc(Cl)cc(Cl)c1. The van der Waals surface area contributed by atoms with E-state index in [0.29, 0.717) is 54.6 Å². The fraction of sp³-hybridized carbons (Fsp3) is 0.588. The van der Waals surface area contributed by atoms with E-state index in [1.807, 2.05) is 0 Å². The van der Waals surface area contributed by atoms with Gasteiger partial charge in [-0.1, -0.05) is 36.0 Å². The number of aliphatic carboxylic acids is 1. The summed E-state index contributed by atoms with van der Waals surface area (Å²) in [6, 6.07) is 4.92. The maximum atomic E-state index is 11.9. The van der Waals surface area contributed by atoms with Crippen molar-refractivity contribution in [1.82, 2.24) is 4.72 Å². The molecular formula is C17H25Cl2NO5S. The number of carbonyl (C=O) groups is 1. The van der Waals surface area contributed by atoms with Crippen LogP contribution in [0, 0.1) is 0 Å². The highest BCUT2D eigenvalue weighted by atomic mass is 35.5. The van der Waals surface area contributed by atoms with Crippen LogP contribution in [0.15, 0.2) is 18.2 Å². The third kappa shape index (κ3) is 11.6. The number of rotatable bonds is 14. The van der Waals surface area contributed by atoms with Gasteiger partial charge in [-0.25, -0.2) is 13.1 Å². The van der Waals surface area contributed by atoms with Crippen LogP contribution < -0.4 is 9.46 Å². The number of carboxylic acid groups (broad SMARTS) is 1. The molecule has 0 unspecified atom stereocenters. The standard InChI is InChI=1S/C17H25Cl2NO5S/c18-14-11-15(19)13-16(12-14)25-9-5-6-10-26(23,24)20-8-4-2-1-3-7-17(21)22/h11-13,20H,1-10H2,(H,21,22). The van der Waals surface area contributed by atoms with Gasteiger partial charge in [0.05, 0.1) is 12.4 Å². The number of hydrogen-bond acceptors (Lipinski definition) is 4. The van der Waals surface area contributed by atoms with Crippen LogP contribution in [0.2, 0.25) is 10.0 Å². The Hall–Kier alpha value is -1.02. The Bertz CT molecular complexity index is 647. The lowest BCUT2D eigenvalue weighted by Gasteiger charge is -2.08. The summed E-state index contributed by atoms with van der Waals surface area (Å²) < 4.78 is 31.8. The van der Waals surface area contributed by atoms with Gasteiger partial charge >= 0.3 is 5.97 Å². The van der Waals surface area contributed by atoms with E-state index < -0.39 is 16.0 Å². The third-order valence-electron chi connectivity index (χ3n) is 3.55. The van der Waals surface area contributed by atoms with Crippen LogP contribution >= 0.6 is 23.2 Å². The van der Waals surface area contributed by atoms with Crippen LogP contribution in [0.25, 0.3) is 0 Å². The molecule has 148 valence electrons. The van der Waals surface area contributed by atoms with E-state index >= 15 is 0 Å². The van der Waals surface area contributed by atoms with Crippen LogP contribution in [-0.4, -0.2) is 38.4 Å². The van der Waals surface area contributed by atoms with Gasteiger partial charge in [0.1, 0.15) is 5.75 Å². The van der Waals surface area contributed by atoms with Crippen LogP contribution in [0.5, 0.6) is 5.75 Å². The van der Waals surface area contributed by atoms with Crippen molar-refractivity contribution in [2.24, 2.45) is 0 Å². The van der Waals surface area contributed by atoms with Gasteiger partial charge in [-0.3, -0.25) is 4.79 Å². The highest BCUT2D eigenvalue weighted by Crippen LogP contribution is 2.24. The van der Waals surface area contributed by atoms with Gasteiger partial charge in [0.25, 0.3) is 0 Å². The van der Waals surface area contributed by atoms with E-state index in [-0.39, 0.29) is 12.2 Å². The smallest absolute Gasteiger partial charge is 0.303 e. The predicted molar refractivity (Wildman–Crippen MR) is 104 cm³/mol. The summed E-state index contributed by atoms with van der Waals surface area (Å²) in [5.74, 6) is -0.189. The fourth-order valence-corrected chi connectivity index (χ4v) is 3.94. The summed E-state index contributed by atoms with van der Waals surface area (Å²) in [5.41, 5.74) is 0. The number of nitrogens with one attached hydrogen (secondary N) is 1. The Balaban J connectivity index is 2.09. The summed E-state index contributed by atoms with van der Waals surface area (Å²) in [4.78, 5) is 10.4. The van der Waals surface area contributed by atoms with Gasteiger partial charge in [0, 0.05) is 23.0 Å². The lowest BCUT2D eigenvalue weighted by Crippen LogP contribution is -2.27. The topological polar surface area (TPSA) is 92.7 Å². The molecule has 0 amide bonds. The monoisotopic (exact) mass is 425 g/mol. The van der Waals surface area contributed by atoms with Crippen molar-refractivity contribution in [3.8, 4) is 5.75 Å². The number of sulfonamides is 1. The van der Waals surface area contributed by atoms with E-state index in [9.17, 15) is 13.2 Å². The van der Waals surface area contributed by atoms with E-state index in [2.05, 4.69) is 4.72 Å². The Morgan fingerprint density at radius 1 is 1.00 bits per heavy atom. The number of ether oxygens (including phenoxy) is 1. The molecule has 1 rings (SSSR count). The molecular weight excluding hydrogens is 401 g/mol. The predicted octanol–water partition coefficient (Wildman–Crippen LogP) is 4.11. The number of benzene rings is 1.